The molecular formula is C18H29ClN6O8. The summed E-state index contributed by atoms with van der Waals surface area (Å²) in [6, 6.07) is -0.724. The number of hydrogen-bond acceptors (Lipinski definition) is 12. The molecule has 4 amide bonds. The fourth-order valence-corrected chi connectivity index (χ4v) is 3.29. The monoisotopic (exact) mass is 492 g/mol. The second kappa shape index (κ2) is 12.6. The maximum atomic E-state index is 12.4. The Labute approximate surface area is 196 Å². The zero-order chi connectivity index (χ0) is 24.0. The maximum absolute atomic E-state index is 12.4. The predicted octanol–water partition coefficient (Wildman–Crippen LogP) is -3.55. The highest BCUT2D eigenvalue weighted by Gasteiger charge is 2.39. The lowest BCUT2D eigenvalue weighted by Gasteiger charge is -2.43. The van der Waals surface area contributed by atoms with Crippen molar-refractivity contribution in [2.24, 2.45) is 11.5 Å². The van der Waals surface area contributed by atoms with Crippen LogP contribution in [0.4, 0.5) is 0 Å². The molecule has 186 valence electrons. The SMILES string of the molecule is C[C@H]([C@H](C)N1CC(=O)N(COC(=O)CN)C(=O)C1)N1CC(=O)N(COC(=O)CN)C(=O)C1.Cl. The molecule has 33 heavy (non-hydrogen) atoms. The number of ether oxygens (including phenoxy) is 2. The van der Waals surface area contributed by atoms with Crippen molar-refractivity contribution in [3.8, 4) is 0 Å². The number of carbonyl (C=O) groups excluding carboxylic acids is 6. The van der Waals surface area contributed by atoms with Crippen LogP contribution in [0.5, 0.6) is 0 Å². The third kappa shape index (κ3) is 7.17. The van der Waals surface area contributed by atoms with Gasteiger partial charge in [0.2, 0.25) is 23.6 Å². The van der Waals surface area contributed by atoms with Crippen LogP contribution < -0.4 is 11.5 Å². The molecule has 2 aliphatic rings. The average Bonchev–Trinajstić information content (AvgIpc) is 2.76. The van der Waals surface area contributed by atoms with E-state index in [2.05, 4.69) is 0 Å². The number of piperazine rings is 2. The molecule has 0 radical (unpaired) electrons. The molecule has 2 fully saturated rings. The molecule has 4 N–H and O–H groups in total. The number of nitrogens with two attached hydrogens (primary N) is 2. The summed E-state index contributed by atoms with van der Waals surface area (Å²) in [6.07, 6.45) is 0. The lowest BCUT2D eigenvalue weighted by atomic mass is 10.1. The first-order chi connectivity index (χ1) is 15.1. The first-order valence-electron chi connectivity index (χ1n) is 9.94. The number of carbonyl (C=O) groups is 6. The topological polar surface area (TPSA) is 186 Å². The van der Waals surface area contributed by atoms with Crippen molar-refractivity contribution < 1.29 is 38.2 Å². The Morgan fingerprint density at radius 3 is 1.24 bits per heavy atom. The van der Waals surface area contributed by atoms with Crippen molar-refractivity contribution in [3.63, 3.8) is 0 Å². The van der Waals surface area contributed by atoms with Gasteiger partial charge in [0.1, 0.15) is 0 Å². The summed E-state index contributed by atoms with van der Waals surface area (Å²) in [7, 11) is 0. The first kappa shape index (κ1) is 28.4. The minimum Gasteiger partial charge on any atom is -0.443 e. The van der Waals surface area contributed by atoms with Crippen LogP contribution in [0.25, 0.3) is 0 Å². The minimum absolute atomic E-state index is 0. The van der Waals surface area contributed by atoms with Crippen LogP contribution in [0.3, 0.4) is 0 Å². The fourth-order valence-electron chi connectivity index (χ4n) is 3.29. The lowest BCUT2D eigenvalue weighted by Crippen LogP contribution is -2.63. The average molecular weight is 493 g/mol. The molecule has 0 unspecified atom stereocenters. The summed E-state index contributed by atoms with van der Waals surface area (Å²) < 4.78 is 9.52. The predicted molar refractivity (Wildman–Crippen MR) is 113 cm³/mol. The lowest BCUT2D eigenvalue weighted by molar-refractivity contribution is -0.168. The van der Waals surface area contributed by atoms with E-state index < -0.39 is 49.0 Å². The van der Waals surface area contributed by atoms with Crippen LogP contribution in [-0.4, -0.2) is 120 Å². The Balaban J connectivity index is 0.00000544. The molecule has 0 saturated carbocycles. The Kier molecular flexibility index (Phi) is 10.8. The van der Waals surface area contributed by atoms with E-state index in [0.717, 1.165) is 9.80 Å². The van der Waals surface area contributed by atoms with Crippen molar-refractivity contribution in [2.75, 3.05) is 52.7 Å². The molecule has 0 bridgehead atoms. The summed E-state index contributed by atoms with van der Waals surface area (Å²) in [6.45, 7) is 1.43. The Morgan fingerprint density at radius 2 is 1.00 bits per heavy atom. The number of halogens is 1. The third-order valence-corrected chi connectivity index (χ3v) is 5.45. The molecule has 14 nitrogen and oxygen atoms in total. The molecular weight excluding hydrogens is 464 g/mol. The van der Waals surface area contributed by atoms with Crippen LogP contribution in [0.1, 0.15) is 13.8 Å². The molecule has 0 aromatic heterocycles. The van der Waals surface area contributed by atoms with Crippen LogP contribution in [0, 0.1) is 0 Å². The van der Waals surface area contributed by atoms with Gasteiger partial charge in [-0.25, -0.2) is 9.80 Å². The maximum Gasteiger partial charge on any atom is 0.321 e. The molecule has 2 aliphatic heterocycles. The largest absolute Gasteiger partial charge is 0.443 e. The second-order valence-electron chi connectivity index (χ2n) is 7.42. The normalized spacial score (nSPS) is 19.8. The summed E-state index contributed by atoms with van der Waals surface area (Å²) >= 11 is 0. The first-order valence-corrected chi connectivity index (χ1v) is 9.94. The van der Waals surface area contributed by atoms with E-state index in [0.29, 0.717) is 0 Å². The van der Waals surface area contributed by atoms with E-state index in [9.17, 15) is 28.8 Å². The third-order valence-electron chi connectivity index (χ3n) is 5.45. The smallest absolute Gasteiger partial charge is 0.321 e. The van der Waals surface area contributed by atoms with Crippen LogP contribution in [-0.2, 0) is 38.2 Å². The van der Waals surface area contributed by atoms with E-state index in [1.807, 2.05) is 0 Å². The van der Waals surface area contributed by atoms with Crippen LogP contribution in [0.2, 0.25) is 0 Å². The second-order valence-corrected chi connectivity index (χ2v) is 7.42. The van der Waals surface area contributed by atoms with Gasteiger partial charge in [0.15, 0.2) is 13.5 Å². The van der Waals surface area contributed by atoms with Crippen molar-refractivity contribution in [1.29, 1.82) is 0 Å². The molecule has 0 aliphatic carbocycles. The molecule has 0 aromatic rings. The number of imide groups is 2. The molecule has 2 atom stereocenters. The van der Waals surface area contributed by atoms with Gasteiger partial charge < -0.3 is 20.9 Å². The highest BCUT2D eigenvalue weighted by Crippen LogP contribution is 2.18. The van der Waals surface area contributed by atoms with Crippen molar-refractivity contribution in [3.05, 3.63) is 0 Å². The van der Waals surface area contributed by atoms with Gasteiger partial charge in [-0.1, -0.05) is 0 Å². The minimum atomic E-state index is -0.735. The Bertz CT molecular complexity index is 696. The van der Waals surface area contributed by atoms with E-state index in [1.54, 1.807) is 23.6 Å². The summed E-state index contributed by atoms with van der Waals surface area (Å²) in [5, 5.41) is 0. The van der Waals surface area contributed by atoms with Gasteiger partial charge in [0, 0.05) is 12.1 Å². The van der Waals surface area contributed by atoms with Gasteiger partial charge in [-0.2, -0.15) is 0 Å². The van der Waals surface area contributed by atoms with Crippen LogP contribution in [0.15, 0.2) is 0 Å². The Hall–Kier alpha value is -2.65. The number of nitrogens with zero attached hydrogens (tertiary/aromatic N) is 4. The highest BCUT2D eigenvalue weighted by atomic mass is 35.5. The summed E-state index contributed by atoms with van der Waals surface area (Å²) in [5.74, 6) is -3.62. The van der Waals surface area contributed by atoms with Gasteiger partial charge in [-0.05, 0) is 13.8 Å². The van der Waals surface area contributed by atoms with Gasteiger partial charge in [-0.15, -0.1) is 12.4 Å². The van der Waals surface area contributed by atoms with E-state index >= 15 is 0 Å². The number of rotatable bonds is 9. The van der Waals surface area contributed by atoms with Crippen LogP contribution >= 0.6 is 12.4 Å². The zero-order valence-corrected chi connectivity index (χ0v) is 19.2. The van der Waals surface area contributed by atoms with Gasteiger partial charge in [0.25, 0.3) is 0 Å². The standard InChI is InChI=1S/C18H28N6O8.ClH/c1-11(21-5-13(25)23(14(26)6-21)9-31-17(29)3-19)12(2)22-7-15(27)24(16(28)8-22)10-32-18(30)4-20;/h11-12H,3-10,19-20H2,1-2H3;1H/t11-,12+;. The summed E-state index contributed by atoms with van der Waals surface area (Å²) in [4.78, 5) is 76.8. The molecule has 2 saturated heterocycles. The van der Waals surface area contributed by atoms with Gasteiger partial charge >= 0.3 is 11.9 Å². The molecule has 2 rings (SSSR count). The number of esters is 2. The summed E-state index contributed by atoms with van der Waals surface area (Å²) in [5.41, 5.74) is 10.3. The van der Waals surface area contributed by atoms with Crippen molar-refractivity contribution >= 4 is 48.0 Å². The van der Waals surface area contributed by atoms with Gasteiger partial charge in [-0.3, -0.25) is 38.6 Å². The van der Waals surface area contributed by atoms with E-state index in [-0.39, 0.29) is 63.8 Å². The fraction of sp³-hybridized carbons (Fsp3) is 0.667. The highest BCUT2D eigenvalue weighted by molar-refractivity contribution is 6.00. The number of amides is 4. The number of hydrogen-bond donors (Lipinski definition) is 2. The van der Waals surface area contributed by atoms with Crippen molar-refractivity contribution in [1.82, 2.24) is 19.6 Å². The van der Waals surface area contributed by atoms with Crippen molar-refractivity contribution in [2.45, 2.75) is 25.9 Å². The molecule has 0 spiro atoms. The Morgan fingerprint density at radius 1 is 0.727 bits per heavy atom. The quantitative estimate of drug-likeness (QED) is 0.238. The molecule has 2 heterocycles. The molecule has 0 aromatic carbocycles. The molecule has 15 heteroatoms. The van der Waals surface area contributed by atoms with E-state index in [4.69, 9.17) is 20.9 Å². The zero-order valence-electron chi connectivity index (χ0n) is 18.4. The van der Waals surface area contributed by atoms with Gasteiger partial charge in [0.05, 0.1) is 39.3 Å². The van der Waals surface area contributed by atoms with E-state index in [1.165, 1.54) is 0 Å².